The van der Waals surface area contributed by atoms with Gasteiger partial charge in [0.25, 0.3) is 0 Å². The van der Waals surface area contributed by atoms with E-state index in [4.69, 9.17) is 0 Å². The Balaban J connectivity index is 2.47. The number of carbonyl (C=O) groups excluding carboxylic acids is 1. The quantitative estimate of drug-likeness (QED) is 0.796. The van der Waals surface area contributed by atoms with Crippen LogP contribution in [0.3, 0.4) is 0 Å². The van der Waals surface area contributed by atoms with Gasteiger partial charge in [-0.1, -0.05) is 15.9 Å². The number of ketones is 1. The molecule has 0 unspecified atom stereocenters. The lowest BCUT2D eigenvalue weighted by Crippen LogP contribution is -2.06. The molecule has 0 amide bonds. The first-order chi connectivity index (χ1) is 8.08. The van der Waals surface area contributed by atoms with Gasteiger partial charge in [-0.05, 0) is 24.3 Å². The maximum atomic E-state index is 13.4. The Hall–Kier alpha value is -1.62. The van der Waals surface area contributed by atoms with Crippen molar-refractivity contribution in [1.82, 2.24) is 4.98 Å². The number of halogens is 3. The Bertz CT molecular complexity index is 586. The maximum absolute atomic E-state index is 13.4. The summed E-state index contributed by atoms with van der Waals surface area (Å²) in [4.78, 5) is 15.6. The fourth-order valence-electron chi connectivity index (χ4n) is 1.34. The van der Waals surface area contributed by atoms with Gasteiger partial charge in [-0.15, -0.1) is 0 Å². The monoisotopic (exact) mass is 297 g/mol. The first-order valence-electron chi connectivity index (χ1n) is 4.69. The molecule has 2 rings (SSSR count). The topological polar surface area (TPSA) is 30.0 Å². The summed E-state index contributed by atoms with van der Waals surface area (Å²) in [7, 11) is 0. The van der Waals surface area contributed by atoms with Crippen LogP contribution < -0.4 is 0 Å². The third kappa shape index (κ3) is 2.55. The Kier molecular flexibility index (Phi) is 3.28. The highest BCUT2D eigenvalue weighted by Gasteiger charge is 2.16. The van der Waals surface area contributed by atoms with Crippen molar-refractivity contribution in [3.05, 3.63) is 63.9 Å². The lowest BCUT2D eigenvalue weighted by atomic mass is 10.1. The number of aromatic nitrogens is 1. The van der Waals surface area contributed by atoms with Crippen LogP contribution in [0.4, 0.5) is 8.78 Å². The number of pyridine rings is 1. The molecule has 1 aromatic heterocycles. The van der Waals surface area contributed by atoms with Crippen molar-refractivity contribution in [1.29, 1.82) is 0 Å². The Labute approximate surface area is 104 Å². The molecule has 0 fully saturated rings. The molecule has 86 valence electrons. The van der Waals surface area contributed by atoms with Crippen LogP contribution in [0.5, 0.6) is 0 Å². The third-order valence-electron chi connectivity index (χ3n) is 2.13. The van der Waals surface area contributed by atoms with E-state index in [1.54, 1.807) is 0 Å². The molecule has 0 radical (unpaired) electrons. The molecule has 0 saturated heterocycles. The van der Waals surface area contributed by atoms with Gasteiger partial charge in [-0.25, -0.2) is 8.78 Å². The van der Waals surface area contributed by atoms with E-state index in [0.717, 1.165) is 18.2 Å². The largest absolute Gasteiger partial charge is 0.287 e. The van der Waals surface area contributed by atoms with Crippen molar-refractivity contribution < 1.29 is 13.6 Å². The summed E-state index contributed by atoms with van der Waals surface area (Å²) >= 11 is 3.14. The summed E-state index contributed by atoms with van der Waals surface area (Å²) in [6, 6.07) is 6.07. The van der Waals surface area contributed by atoms with Gasteiger partial charge in [0.1, 0.15) is 17.3 Å². The zero-order chi connectivity index (χ0) is 12.4. The molecule has 5 heteroatoms. The van der Waals surface area contributed by atoms with Crippen molar-refractivity contribution in [2.45, 2.75) is 0 Å². The molecule has 0 spiro atoms. The van der Waals surface area contributed by atoms with Crippen LogP contribution in [-0.2, 0) is 0 Å². The van der Waals surface area contributed by atoms with E-state index in [0.29, 0.717) is 4.47 Å². The molecule has 0 atom stereocenters. The summed E-state index contributed by atoms with van der Waals surface area (Å²) in [5.74, 6) is -1.90. The molecule has 0 aliphatic carbocycles. The summed E-state index contributed by atoms with van der Waals surface area (Å²) in [6.07, 6.45) is 1.17. The third-order valence-corrected chi connectivity index (χ3v) is 2.62. The van der Waals surface area contributed by atoms with E-state index in [2.05, 4.69) is 20.9 Å². The first kappa shape index (κ1) is 11.9. The normalized spacial score (nSPS) is 10.3. The van der Waals surface area contributed by atoms with Crippen LogP contribution in [0.25, 0.3) is 0 Å². The van der Waals surface area contributed by atoms with Gasteiger partial charge in [0.15, 0.2) is 0 Å². The smallest absolute Gasteiger partial charge is 0.214 e. The van der Waals surface area contributed by atoms with Crippen LogP contribution in [0, 0.1) is 11.6 Å². The Morgan fingerprint density at radius 1 is 1.18 bits per heavy atom. The number of hydrogen-bond acceptors (Lipinski definition) is 2. The van der Waals surface area contributed by atoms with Crippen molar-refractivity contribution in [3.8, 4) is 0 Å². The zero-order valence-corrected chi connectivity index (χ0v) is 10.0. The maximum Gasteiger partial charge on any atom is 0.214 e. The van der Waals surface area contributed by atoms with Crippen LogP contribution in [0.1, 0.15) is 16.1 Å². The minimum absolute atomic E-state index is 0.123. The van der Waals surface area contributed by atoms with Crippen LogP contribution >= 0.6 is 15.9 Å². The van der Waals surface area contributed by atoms with Crippen molar-refractivity contribution in [2.24, 2.45) is 0 Å². The summed E-state index contributed by atoms with van der Waals surface area (Å²) in [5.41, 5.74) is -0.264. The highest BCUT2D eigenvalue weighted by molar-refractivity contribution is 9.10. The number of carbonyl (C=O) groups is 1. The lowest BCUT2D eigenvalue weighted by Gasteiger charge is -2.02. The SMILES string of the molecule is O=C(c1cc(F)ccn1)c1cc(Br)ccc1F. The molecule has 17 heavy (non-hydrogen) atoms. The van der Waals surface area contributed by atoms with E-state index in [1.165, 1.54) is 18.3 Å². The molecule has 2 nitrogen and oxygen atoms in total. The Morgan fingerprint density at radius 2 is 1.94 bits per heavy atom. The van der Waals surface area contributed by atoms with Gasteiger partial charge in [0, 0.05) is 16.7 Å². The summed E-state index contributed by atoms with van der Waals surface area (Å²) in [6.45, 7) is 0. The van der Waals surface area contributed by atoms with Crippen LogP contribution in [-0.4, -0.2) is 10.8 Å². The lowest BCUT2D eigenvalue weighted by molar-refractivity contribution is 0.103. The van der Waals surface area contributed by atoms with E-state index in [9.17, 15) is 13.6 Å². The standard InChI is InChI=1S/C12H6BrF2NO/c13-7-1-2-10(15)9(5-7)12(17)11-6-8(14)3-4-16-11/h1-6H. The summed E-state index contributed by atoms with van der Waals surface area (Å²) < 4.78 is 26.9. The van der Waals surface area contributed by atoms with Gasteiger partial charge in [-0.3, -0.25) is 9.78 Å². The first-order valence-corrected chi connectivity index (χ1v) is 5.48. The molecule has 1 aromatic carbocycles. The number of benzene rings is 1. The molecular formula is C12H6BrF2NO. The van der Waals surface area contributed by atoms with Crippen molar-refractivity contribution >= 4 is 21.7 Å². The predicted molar refractivity (Wildman–Crippen MR) is 61.7 cm³/mol. The van der Waals surface area contributed by atoms with Gasteiger partial charge in [-0.2, -0.15) is 0 Å². The molecule has 2 aromatic rings. The molecule has 0 saturated carbocycles. The van der Waals surface area contributed by atoms with E-state index >= 15 is 0 Å². The van der Waals surface area contributed by atoms with Gasteiger partial charge < -0.3 is 0 Å². The fourth-order valence-corrected chi connectivity index (χ4v) is 1.70. The van der Waals surface area contributed by atoms with Crippen LogP contribution in [0.2, 0.25) is 0 Å². The molecule has 0 aliphatic rings. The second-order valence-electron chi connectivity index (χ2n) is 3.31. The van der Waals surface area contributed by atoms with Gasteiger partial charge in [0.2, 0.25) is 5.78 Å². The van der Waals surface area contributed by atoms with Gasteiger partial charge in [0.05, 0.1) is 5.56 Å². The minimum atomic E-state index is -0.663. The molecular weight excluding hydrogens is 292 g/mol. The van der Waals surface area contributed by atoms with E-state index < -0.39 is 17.4 Å². The zero-order valence-electron chi connectivity index (χ0n) is 8.45. The predicted octanol–water partition coefficient (Wildman–Crippen LogP) is 3.35. The summed E-state index contributed by atoms with van der Waals surface area (Å²) in [5, 5.41) is 0. The highest BCUT2D eigenvalue weighted by atomic mass is 79.9. The molecule has 0 aliphatic heterocycles. The second kappa shape index (κ2) is 4.71. The average Bonchev–Trinajstić information content (AvgIpc) is 2.31. The van der Waals surface area contributed by atoms with Crippen LogP contribution in [0.15, 0.2) is 41.0 Å². The molecule has 0 bridgehead atoms. The average molecular weight is 298 g/mol. The minimum Gasteiger partial charge on any atom is -0.287 e. The number of hydrogen-bond donors (Lipinski definition) is 0. The highest BCUT2D eigenvalue weighted by Crippen LogP contribution is 2.18. The fraction of sp³-hybridized carbons (Fsp3) is 0. The van der Waals surface area contributed by atoms with Crippen molar-refractivity contribution in [3.63, 3.8) is 0 Å². The Morgan fingerprint density at radius 3 is 2.65 bits per heavy atom. The van der Waals surface area contributed by atoms with Crippen molar-refractivity contribution in [2.75, 3.05) is 0 Å². The number of rotatable bonds is 2. The van der Waals surface area contributed by atoms with E-state index in [1.807, 2.05) is 0 Å². The second-order valence-corrected chi connectivity index (χ2v) is 4.23. The molecule has 0 N–H and O–H groups in total. The van der Waals surface area contributed by atoms with Gasteiger partial charge >= 0.3 is 0 Å². The van der Waals surface area contributed by atoms with E-state index in [-0.39, 0.29) is 11.3 Å². The number of nitrogens with zero attached hydrogens (tertiary/aromatic N) is 1. The molecule has 1 heterocycles.